The van der Waals surface area contributed by atoms with E-state index in [0.29, 0.717) is 12.2 Å². The molecule has 100 valence electrons. The largest absolute Gasteiger partial charge is 0.396 e. The van der Waals surface area contributed by atoms with Crippen LogP contribution in [0.3, 0.4) is 0 Å². The van der Waals surface area contributed by atoms with Gasteiger partial charge in [-0.05, 0) is 18.1 Å². The highest BCUT2D eigenvalue weighted by atomic mass is 16.2. The van der Waals surface area contributed by atoms with Crippen LogP contribution in [0, 0.1) is 6.92 Å². The van der Waals surface area contributed by atoms with Crippen LogP contribution < -0.4 is 5.73 Å². The first kappa shape index (κ1) is 13.1. The van der Waals surface area contributed by atoms with E-state index in [1.807, 2.05) is 31.2 Å². The smallest absolute Gasteiger partial charge is 0.244 e. The average Bonchev–Trinajstić information content (AvgIpc) is 2.77. The maximum atomic E-state index is 12.1. The van der Waals surface area contributed by atoms with Crippen LogP contribution in [0.25, 0.3) is 0 Å². The highest BCUT2D eigenvalue weighted by Crippen LogP contribution is 2.10. The molecule has 0 radical (unpaired) electrons. The standard InChI is InChI=1S/C14H18N4O/c1-11-5-3-4-6-12(11)8-17(2)14(19)10-18-9-13(15)7-16-18/h3-7,9H,8,10,15H2,1-2H3. The van der Waals surface area contributed by atoms with Crippen molar-refractivity contribution < 1.29 is 4.79 Å². The van der Waals surface area contributed by atoms with Gasteiger partial charge < -0.3 is 10.6 Å². The van der Waals surface area contributed by atoms with Gasteiger partial charge in [0.25, 0.3) is 0 Å². The Labute approximate surface area is 112 Å². The van der Waals surface area contributed by atoms with Crippen molar-refractivity contribution in [3.8, 4) is 0 Å². The van der Waals surface area contributed by atoms with E-state index in [-0.39, 0.29) is 12.5 Å². The van der Waals surface area contributed by atoms with Gasteiger partial charge in [0, 0.05) is 19.8 Å². The lowest BCUT2D eigenvalue weighted by molar-refractivity contribution is -0.131. The maximum Gasteiger partial charge on any atom is 0.244 e. The van der Waals surface area contributed by atoms with Crippen molar-refractivity contribution in [2.24, 2.45) is 0 Å². The van der Waals surface area contributed by atoms with Crippen molar-refractivity contribution in [2.75, 3.05) is 12.8 Å². The predicted octanol–water partition coefficient (Wildman–Crippen LogP) is 1.43. The summed E-state index contributed by atoms with van der Waals surface area (Å²) in [6.45, 7) is 2.85. The van der Waals surface area contributed by atoms with Crippen molar-refractivity contribution in [1.82, 2.24) is 14.7 Å². The van der Waals surface area contributed by atoms with Crippen LogP contribution in [-0.2, 0) is 17.9 Å². The van der Waals surface area contributed by atoms with E-state index in [1.165, 1.54) is 11.8 Å². The van der Waals surface area contributed by atoms with Gasteiger partial charge in [-0.2, -0.15) is 5.10 Å². The van der Waals surface area contributed by atoms with Crippen molar-refractivity contribution >= 4 is 11.6 Å². The molecule has 0 spiro atoms. The molecule has 1 aromatic carbocycles. The summed E-state index contributed by atoms with van der Waals surface area (Å²) in [5, 5.41) is 4.01. The van der Waals surface area contributed by atoms with E-state index in [1.54, 1.807) is 22.8 Å². The molecule has 5 nitrogen and oxygen atoms in total. The number of nitrogens with two attached hydrogens (primary N) is 1. The topological polar surface area (TPSA) is 64.2 Å². The molecule has 2 rings (SSSR count). The monoisotopic (exact) mass is 258 g/mol. The highest BCUT2D eigenvalue weighted by molar-refractivity contribution is 5.75. The fraction of sp³-hybridized carbons (Fsp3) is 0.286. The lowest BCUT2D eigenvalue weighted by Crippen LogP contribution is -2.30. The lowest BCUT2D eigenvalue weighted by atomic mass is 10.1. The number of amides is 1. The summed E-state index contributed by atoms with van der Waals surface area (Å²) < 4.78 is 1.55. The SMILES string of the molecule is Cc1ccccc1CN(C)C(=O)Cn1cc(N)cn1. The third-order valence-corrected chi connectivity index (χ3v) is 3.04. The van der Waals surface area contributed by atoms with Crippen LogP contribution in [-0.4, -0.2) is 27.6 Å². The highest BCUT2D eigenvalue weighted by Gasteiger charge is 2.11. The van der Waals surface area contributed by atoms with Crippen LogP contribution in [0.15, 0.2) is 36.7 Å². The number of nitrogens with zero attached hydrogens (tertiary/aromatic N) is 3. The van der Waals surface area contributed by atoms with Crippen molar-refractivity contribution in [3.63, 3.8) is 0 Å². The first-order chi connectivity index (χ1) is 9.06. The number of carbonyl (C=O) groups excluding carboxylic acids is 1. The van der Waals surface area contributed by atoms with E-state index in [4.69, 9.17) is 5.73 Å². The summed E-state index contributed by atoms with van der Waals surface area (Å²) in [5.74, 6) is 0.00588. The Bertz CT molecular complexity index is 576. The van der Waals surface area contributed by atoms with Gasteiger partial charge in [-0.3, -0.25) is 9.48 Å². The zero-order chi connectivity index (χ0) is 13.8. The molecule has 19 heavy (non-hydrogen) atoms. The van der Waals surface area contributed by atoms with Gasteiger partial charge in [0.15, 0.2) is 0 Å². The number of benzene rings is 1. The molecule has 5 heteroatoms. The summed E-state index contributed by atoms with van der Waals surface area (Å²) in [7, 11) is 1.79. The molecule has 2 aromatic rings. The number of hydrogen-bond donors (Lipinski definition) is 1. The van der Waals surface area contributed by atoms with Gasteiger partial charge >= 0.3 is 0 Å². The number of nitrogen functional groups attached to an aromatic ring is 1. The normalized spacial score (nSPS) is 10.4. The first-order valence-corrected chi connectivity index (χ1v) is 6.12. The summed E-state index contributed by atoms with van der Waals surface area (Å²) in [6, 6.07) is 8.05. The minimum absolute atomic E-state index is 0.00588. The number of aryl methyl sites for hydroxylation is 1. The molecule has 0 saturated heterocycles. The van der Waals surface area contributed by atoms with Gasteiger partial charge in [-0.15, -0.1) is 0 Å². The van der Waals surface area contributed by atoms with Gasteiger partial charge in [0.1, 0.15) is 6.54 Å². The molecule has 0 aliphatic heterocycles. The summed E-state index contributed by atoms with van der Waals surface area (Å²) in [6.07, 6.45) is 3.19. The Hall–Kier alpha value is -2.30. The molecule has 1 aromatic heterocycles. The Morgan fingerprint density at radius 2 is 2.16 bits per heavy atom. The zero-order valence-corrected chi connectivity index (χ0v) is 11.2. The van der Waals surface area contributed by atoms with Gasteiger partial charge in [0.2, 0.25) is 5.91 Å². The first-order valence-electron chi connectivity index (χ1n) is 6.12. The third kappa shape index (κ3) is 3.34. The number of hydrogen-bond acceptors (Lipinski definition) is 3. The number of carbonyl (C=O) groups is 1. The molecule has 0 bridgehead atoms. The van der Waals surface area contributed by atoms with Crippen LogP contribution in [0.5, 0.6) is 0 Å². The number of aromatic nitrogens is 2. The van der Waals surface area contributed by atoms with Crippen LogP contribution in [0.1, 0.15) is 11.1 Å². The lowest BCUT2D eigenvalue weighted by Gasteiger charge is -2.18. The fourth-order valence-electron chi connectivity index (χ4n) is 1.86. The van der Waals surface area contributed by atoms with Crippen molar-refractivity contribution in [3.05, 3.63) is 47.8 Å². The molecule has 0 aliphatic carbocycles. The average molecular weight is 258 g/mol. The molecular weight excluding hydrogens is 240 g/mol. The van der Waals surface area contributed by atoms with Crippen molar-refractivity contribution in [1.29, 1.82) is 0 Å². The molecule has 0 saturated carbocycles. The van der Waals surface area contributed by atoms with Crippen LogP contribution in [0.2, 0.25) is 0 Å². The molecular formula is C14H18N4O. The fourth-order valence-corrected chi connectivity index (χ4v) is 1.86. The molecule has 0 aliphatic rings. The number of rotatable bonds is 4. The second-order valence-electron chi connectivity index (χ2n) is 4.65. The van der Waals surface area contributed by atoms with E-state index in [9.17, 15) is 4.79 Å². The summed E-state index contributed by atoms with van der Waals surface area (Å²) >= 11 is 0. The molecule has 1 amide bonds. The second-order valence-corrected chi connectivity index (χ2v) is 4.65. The van der Waals surface area contributed by atoms with Gasteiger partial charge in [-0.1, -0.05) is 24.3 Å². The minimum Gasteiger partial charge on any atom is -0.396 e. The van der Waals surface area contributed by atoms with E-state index in [2.05, 4.69) is 5.10 Å². The minimum atomic E-state index is 0.00588. The van der Waals surface area contributed by atoms with Gasteiger partial charge in [0.05, 0.1) is 11.9 Å². The third-order valence-electron chi connectivity index (χ3n) is 3.04. The zero-order valence-electron chi connectivity index (χ0n) is 11.2. The van der Waals surface area contributed by atoms with Crippen LogP contribution in [0.4, 0.5) is 5.69 Å². The molecule has 0 unspecified atom stereocenters. The molecule has 0 fully saturated rings. The molecule has 1 heterocycles. The van der Waals surface area contributed by atoms with E-state index < -0.39 is 0 Å². The molecule has 2 N–H and O–H groups in total. The molecule has 0 atom stereocenters. The Morgan fingerprint density at radius 1 is 1.42 bits per heavy atom. The van der Waals surface area contributed by atoms with E-state index >= 15 is 0 Å². The number of likely N-dealkylation sites (N-methyl/N-ethyl adjacent to an activating group) is 1. The maximum absolute atomic E-state index is 12.1. The predicted molar refractivity (Wildman–Crippen MR) is 74.3 cm³/mol. The van der Waals surface area contributed by atoms with Crippen molar-refractivity contribution in [2.45, 2.75) is 20.0 Å². The Balaban J connectivity index is 1.98. The van der Waals surface area contributed by atoms with E-state index in [0.717, 1.165) is 5.56 Å². The quantitative estimate of drug-likeness (QED) is 0.902. The number of anilines is 1. The van der Waals surface area contributed by atoms with Gasteiger partial charge in [-0.25, -0.2) is 0 Å². The Morgan fingerprint density at radius 3 is 2.79 bits per heavy atom. The Kier molecular flexibility index (Phi) is 3.85. The van der Waals surface area contributed by atoms with Crippen LogP contribution >= 0.6 is 0 Å². The second kappa shape index (κ2) is 5.56. The summed E-state index contributed by atoms with van der Waals surface area (Å²) in [4.78, 5) is 13.8. The summed E-state index contributed by atoms with van der Waals surface area (Å²) in [5.41, 5.74) is 8.47.